The zero-order chi connectivity index (χ0) is 22.8. The van der Waals surface area contributed by atoms with E-state index in [1.165, 1.54) is 7.11 Å². The van der Waals surface area contributed by atoms with E-state index in [9.17, 15) is 9.59 Å². The Balaban J connectivity index is 1.88. The lowest BCUT2D eigenvalue weighted by molar-refractivity contribution is -0.186. The van der Waals surface area contributed by atoms with Gasteiger partial charge in [0, 0.05) is 16.5 Å². The van der Waals surface area contributed by atoms with Crippen molar-refractivity contribution >= 4 is 35.1 Å². The average molecular weight is 474 g/mol. The molecule has 2 aromatic rings. The van der Waals surface area contributed by atoms with Crippen molar-refractivity contribution < 1.29 is 19.1 Å². The minimum absolute atomic E-state index is 0.0590. The third-order valence-electron chi connectivity index (χ3n) is 6.01. The normalized spacial score (nSPS) is 24.2. The van der Waals surface area contributed by atoms with Gasteiger partial charge in [-0.15, -0.1) is 6.58 Å². The molecule has 1 amide bonds. The van der Waals surface area contributed by atoms with Gasteiger partial charge in [0.1, 0.15) is 18.2 Å². The van der Waals surface area contributed by atoms with Crippen molar-refractivity contribution in [2.45, 2.75) is 43.6 Å². The Morgan fingerprint density at radius 3 is 2.50 bits per heavy atom. The van der Waals surface area contributed by atoms with Crippen molar-refractivity contribution in [3.8, 4) is 0 Å². The topological polar surface area (TPSA) is 55.8 Å². The first-order valence-electron chi connectivity index (χ1n) is 10.6. The number of amides is 1. The van der Waals surface area contributed by atoms with Gasteiger partial charge < -0.3 is 14.4 Å². The third-order valence-corrected chi connectivity index (χ3v) is 6.49. The Labute approximate surface area is 197 Å². The van der Waals surface area contributed by atoms with Crippen LogP contribution in [0.5, 0.6) is 0 Å². The van der Waals surface area contributed by atoms with Crippen molar-refractivity contribution in [3.05, 3.63) is 82.4 Å². The van der Waals surface area contributed by atoms with Gasteiger partial charge >= 0.3 is 5.97 Å². The number of nitrogens with zero attached hydrogens (tertiary/aromatic N) is 1. The fraction of sp³-hybridized carbons (Fsp3) is 0.360. The van der Waals surface area contributed by atoms with E-state index in [4.69, 9.17) is 32.7 Å². The van der Waals surface area contributed by atoms with Gasteiger partial charge in [0.2, 0.25) is 0 Å². The smallest absolute Gasteiger partial charge is 0.328 e. The molecule has 5 nitrogen and oxygen atoms in total. The number of rotatable bonds is 7. The monoisotopic (exact) mass is 473 g/mol. The van der Waals surface area contributed by atoms with Crippen molar-refractivity contribution in [3.63, 3.8) is 0 Å². The molecule has 32 heavy (non-hydrogen) atoms. The second-order valence-corrected chi connectivity index (χ2v) is 9.04. The lowest BCUT2D eigenvalue weighted by Crippen LogP contribution is -2.57. The molecule has 0 spiro atoms. The zero-order valence-corrected chi connectivity index (χ0v) is 19.3. The number of benzene rings is 2. The number of carbonyl (C=O) groups is 2. The number of carbonyl (C=O) groups excluding carboxylic acids is 2. The van der Waals surface area contributed by atoms with Gasteiger partial charge in [-0.05, 0) is 54.2 Å². The first-order valence-corrected chi connectivity index (χ1v) is 11.4. The van der Waals surface area contributed by atoms with Crippen molar-refractivity contribution in [1.82, 2.24) is 4.90 Å². The molecule has 2 aliphatic rings. The molecular weight excluding hydrogens is 449 g/mol. The minimum Gasteiger partial charge on any atom is -0.467 e. The molecule has 0 unspecified atom stereocenters. The molecule has 7 heteroatoms. The number of methoxy groups -OCH3 is 1. The lowest BCUT2D eigenvalue weighted by atomic mass is 9.89. The van der Waals surface area contributed by atoms with Crippen LogP contribution in [0.1, 0.15) is 42.5 Å². The van der Waals surface area contributed by atoms with Crippen LogP contribution in [0.4, 0.5) is 0 Å². The van der Waals surface area contributed by atoms with E-state index in [1.54, 1.807) is 29.2 Å². The van der Waals surface area contributed by atoms with Gasteiger partial charge in [0.25, 0.3) is 5.91 Å². The van der Waals surface area contributed by atoms with Crippen LogP contribution in [-0.2, 0) is 19.1 Å². The fourth-order valence-corrected chi connectivity index (χ4v) is 4.71. The molecular formula is C25H25Cl2NO4. The van der Waals surface area contributed by atoms with E-state index in [1.807, 2.05) is 30.3 Å². The molecule has 0 bridgehead atoms. The van der Waals surface area contributed by atoms with Crippen LogP contribution in [-0.4, -0.2) is 36.0 Å². The Hall–Kier alpha value is -2.34. The van der Waals surface area contributed by atoms with Crippen molar-refractivity contribution in [2.75, 3.05) is 7.11 Å². The van der Waals surface area contributed by atoms with Crippen LogP contribution in [0.15, 0.2) is 61.2 Å². The molecule has 2 fully saturated rings. The Morgan fingerprint density at radius 1 is 1.19 bits per heavy atom. The number of hydrogen-bond acceptors (Lipinski definition) is 4. The summed E-state index contributed by atoms with van der Waals surface area (Å²) in [5, 5.41) is 1.15. The second kappa shape index (κ2) is 9.65. The summed E-state index contributed by atoms with van der Waals surface area (Å²) in [6.45, 7) is 3.78. The summed E-state index contributed by atoms with van der Waals surface area (Å²) in [6, 6.07) is 13.4. The molecule has 2 aromatic carbocycles. The Morgan fingerprint density at radius 2 is 1.91 bits per heavy atom. The van der Waals surface area contributed by atoms with Crippen LogP contribution >= 0.6 is 23.2 Å². The SMILES string of the molecule is C=CC[C@@H]1O[C@@H](c2cccc(Cl)c2)[C@@H](c2ccc(Cl)cc2)N([C@H](C(=O)OC)C2CC2)C1=O. The highest BCUT2D eigenvalue weighted by Gasteiger charge is 2.52. The molecule has 1 saturated heterocycles. The molecule has 1 aliphatic heterocycles. The molecule has 4 rings (SSSR count). The maximum atomic E-state index is 13.7. The molecule has 0 N–H and O–H groups in total. The average Bonchev–Trinajstić information content (AvgIpc) is 3.62. The molecule has 1 saturated carbocycles. The van der Waals surface area contributed by atoms with E-state index >= 15 is 0 Å². The summed E-state index contributed by atoms with van der Waals surface area (Å²) in [7, 11) is 1.36. The van der Waals surface area contributed by atoms with Crippen LogP contribution in [0.3, 0.4) is 0 Å². The molecule has 0 radical (unpaired) electrons. The second-order valence-electron chi connectivity index (χ2n) is 8.17. The zero-order valence-electron chi connectivity index (χ0n) is 17.7. The lowest BCUT2D eigenvalue weighted by Gasteiger charge is -2.47. The molecule has 0 aromatic heterocycles. The number of esters is 1. The van der Waals surface area contributed by atoms with Crippen LogP contribution in [0.25, 0.3) is 0 Å². The third kappa shape index (κ3) is 4.56. The number of ether oxygens (including phenoxy) is 2. The van der Waals surface area contributed by atoms with Crippen LogP contribution in [0.2, 0.25) is 10.0 Å². The standard InChI is InChI=1S/C25H25Cl2NO4/c1-3-5-20-24(29)28(22(16-8-9-16)25(30)31-2)21(15-10-12-18(26)13-11-15)23(32-20)17-6-4-7-19(27)14-17/h3-4,6-7,10-14,16,20-23H,1,5,8-9H2,2H3/t20-,21+,22-,23-/m0/s1. The minimum atomic E-state index is -0.758. The van der Waals surface area contributed by atoms with Crippen LogP contribution < -0.4 is 0 Å². The van der Waals surface area contributed by atoms with Gasteiger partial charge in [-0.25, -0.2) is 4.79 Å². The highest BCUT2D eigenvalue weighted by molar-refractivity contribution is 6.30. The Bertz CT molecular complexity index is 1010. The predicted molar refractivity (Wildman–Crippen MR) is 123 cm³/mol. The summed E-state index contributed by atoms with van der Waals surface area (Å²) in [4.78, 5) is 28.3. The summed E-state index contributed by atoms with van der Waals surface area (Å²) < 4.78 is 11.5. The number of hydrogen-bond donors (Lipinski definition) is 0. The van der Waals surface area contributed by atoms with Crippen molar-refractivity contribution in [2.24, 2.45) is 5.92 Å². The first kappa shape index (κ1) is 22.8. The summed E-state index contributed by atoms with van der Waals surface area (Å²) >= 11 is 12.4. The molecule has 1 heterocycles. The largest absolute Gasteiger partial charge is 0.467 e. The Kier molecular flexibility index (Phi) is 6.89. The molecule has 168 valence electrons. The van der Waals surface area contributed by atoms with Gasteiger partial charge in [-0.2, -0.15) is 0 Å². The highest BCUT2D eigenvalue weighted by atomic mass is 35.5. The van der Waals surface area contributed by atoms with E-state index in [0.29, 0.717) is 16.5 Å². The summed E-state index contributed by atoms with van der Waals surface area (Å²) in [6.07, 6.45) is 2.42. The van der Waals surface area contributed by atoms with E-state index in [-0.39, 0.29) is 11.8 Å². The van der Waals surface area contributed by atoms with Gasteiger partial charge in [0.15, 0.2) is 0 Å². The molecule has 1 aliphatic carbocycles. The van der Waals surface area contributed by atoms with Gasteiger partial charge in [-0.3, -0.25) is 4.79 Å². The predicted octanol–water partition coefficient (Wildman–Crippen LogP) is 5.53. The maximum Gasteiger partial charge on any atom is 0.328 e. The number of morpholine rings is 1. The van der Waals surface area contributed by atoms with E-state index < -0.39 is 30.3 Å². The quantitative estimate of drug-likeness (QED) is 0.391. The summed E-state index contributed by atoms with van der Waals surface area (Å²) in [5.41, 5.74) is 1.64. The van der Waals surface area contributed by atoms with Gasteiger partial charge in [-0.1, -0.05) is 53.5 Å². The fourth-order valence-electron chi connectivity index (χ4n) is 4.38. The molecule has 4 atom stereocenters. The van der Waals surface area contributed by atoms with Crippen molar-refractivity contribution in [1.29, 1.82) is 0 Å². The number of halogens is 2. The highest BCUT2D eigenvalue weighted by Crippen LogP contribution is 2.48. The van der Waals surface area contributed by atoms with Gasteiger partial charge in [0.05, 0.1) is 13.2 Å². The van der Waals surface area contributed by atoms with E-state index in [2.05, 4.69) is 6.58 Å². The summed E-state index contributed by atoms with van der Waals surface area (Å²) in [5.74, 6) is -0.599. The first-order chi connectivity index (χ1) is 15.4. The maximum absolute atomic E-state index is 13.7. The van der Waals surface area contributed by atoms with Crippen LogP contribution in [0, 0.1) is 5.92 Å². The van der Waals surface area contributed by atoms with E-state index in [0.717, 1.165) is 24.0 Å².